The predicted molar refractivity (Wildman–Crippen MR) is 211 cm³/mol. The van der Waals surface area contributed by atoms with Crippen molar-refractivity contribution in [2.24, 2.45) is 4.99 Å². The summed E-state index contributed by atoms with van der Waals surface area (Å²) in [6.45, 7) is 8.67. The molecule has 2 aliphatic heterocycles. The Hall–Kier alpha value is -5.42. The number of aliphatic imine (C=N–C) groups is 1. The van der Waals surface area contributed by atoms with Gasteiger partial charge in [-0.2, -0.15) is 5.26 Å². The van der Waals surface area contributed by atoms with Crippen LogP contribution in [0.3, 0.4) is 0 Å². The highest BCUT2D eigenvalue weighted by Gasteiger charge is 2.38. The molecule has 0 aromatic heterocycles. The quantitative estimate of drug-likeness (QED) is 0.0616. The molecule has 0 bridgehead atoms. The molecule has 3 aromatic carbocycles. The zero-order chi connectivity index (χ0) is 37.6. The molecule has 2 saturated heterocycles. The number of carbonyl (C=O) groups excluding carboxylic acids is 2. The molecule has 2 fully saturated rings. The lowest BCUT2D eigenvalue weighted by atomic mass is 9.74. The second-order valence-electron chi connectivity index (χ2n) is 13.7. The maximum atomic E-state index is 14.4. The Kier molecular flexibility index (Phi) is 13.8. The summed E-state index contributed by atoms with van der Waals surface area (Å²) in [4.78, 5) is 36.6. The minimum Gasteiger partial charge on any atom is -0.489 e. The lowest BCUT2D eigenvalue weighted by molar-refractivity contribution is -0.128. The van der Waals surface area contributed by atoms with Crippen LogP contribution in [-0.4, -0.2) is 60.7 Å². The summed E-state index contributed by atoms with van der Waals surface area (Å²) in [5.41, 5.74) is 4.87. The van der Waals surface area contributed by atoms with Gasteiger partial charge in [-0.15, -0.1) is 0 Å². The molecule has 0 atom stereocenters. The molecule has 2 amide bonds. The highest BCUT2D eigenvalue weighted by molar-refractivity contribution is 6.21. The van der Waals surface area contributed by atoms with Crippen LogP contribution in [0.25, 0.3) is 5.57 Å². The molecule has 2 heterocycles. The zero-order valence-electron chi connectivity index (χ0n) is 31.6. The average Bonchev–Trinajstić information content (AvgIpc) is 3.21. The van der Waals surface area contributed by atoms with Crippen molar-refractivity contribution >= 4 is 23.3 Å². The number of benzene rings is 3. The Morgan fingerprint density at radius 3 is 2.23 bits per heavy atom. The summed E-state index contributed by atoms with van der Waals surface area (Å²) in [7, 11) is 1.70. The smallest absolute Gasteiger partial charge is 0.254 e. The largest absolute Gasteiger partial charge is 0.489 e. The molecule has 2 aliphatic rings. The predicted octanol–water partition coefficient (Wildman–Crippen LogP) is 8.71. The van der Waals surface area contributed by atoms with Crippen LogP contribution in [0.2, 0.25) is 0 Å². The van der Waals surface area contributed by atoms with Crippen LogP contribution in [0.5, 0.6) is 5.75 Å². The first-order chi connectivity index (χ1) is 25.8. The summed E-state index contributed by atoms with van der Waals surface area (Å²) in [6.07, 6.45) is 12.9. The number of likely N-dealkylation sites (tertiary alicyclic amines) is 2. The number of amides is 2. The Balaban J connectivity index is 1.39. The third-order valence-electron chi connectivity index (χ3n) is 10.1. The van der Waals surface area contributed by atoms with Gasteiger partial charge in [0.05, 0.1) is 17.7 Å². The molecule has 8 nitrogen and oxygen atoms in total. The van der Waals surface area contributed by atoms with Crippen molar-refractivity contribution in [2.75, 3.05) is 33.2 Å². The number of aryl methyl sites for hydroxylation is 1. The Morgan fingerprint density at radius 1 is 0.887 bits per heavy atom. The summed E-state index contributed by atoms with van der Waals surface area (Å²) in [6, 6.07) is 26.1. The minimum absolute atomic E-state index is 0.0778. The molecule has 3 aromatic rings. The second-order valence-corrected chi connectivity index (χ2v) is 13.7. The second kappa shape index (κ2) is 18.9. The van der Waals surface area contributed by atoms with Gasteiger partial charge in [-0.05, 0) is 111 Å². The SMILES string of the molecule is CC/C=C(/C=C(/C(=O)N1CCCCC1)c1cc(OCc2ccc(C(=NC)O/C=C/CC)cc2)ccc1C)C(=O)N1CCC(C#N)(c2ccccc2)CC1. The van der Waals surface area contributed by atoms with Crippen LogP contribution >= 0.6 is 0 Å². The summed E-state index contributed by atoms with van der Waals surface area (Å²) < 4.78 is 12.0. The van der Waals surface area contributed by atoms with E-state index in [0.29, 0.717) is 74.8 Å². The van der Waals surface area contributed by atoms with E-state index in [1.807, 2.05) is 116 Å². The number of ether oxygens (including phenoxy) is 2. The highest BCUT2D eigenvalue weighted by Crippen LogP contribution is 2.36. The highest BCUT2D eigenvalue weighted by atomic mass is 16.5. The molecule has 5 rings (SSSR count). The number of hydrogen-bond acceptors (Lipinski definition) is 6. The van der Waals surface area contributed by atoms with Crippen LogP contribution in [0.4, 0.5) is 0 Å². The van der Waals surface area contributed by atoms with Gasteiger partial charge in [-0.25, -0.2) is 0 Å². The summed E-state index contributed by atoms with van der Waals surface area (Å²) >= 11 is 0. The van der Waals surface area contributed by atoms with Gasteiger partial charge in [0.15, 0.2) is 0 Å². The first-order valence-corrected chi connectivity index (χ1v) is 18.9. The van der Waals surface area contributed by atoms with Crippen molar-refractivity contribution < 1.29 is 19.1 Å². The first-order valence-electron chi connectivity index (χ1n) is 18.9. The van der Waals surface area contributed by atoms with Crippen molar-refractivity contribution in [1.29, 1.82) is 5.26 Å². The third-order valence-corrected chi connectivity index (χ3v) is 10.1. The van der Waals surface area contributed by atoms with Crippen LogP contribution < -0.4 is 4.74 Å². The van der Waals surface area contributed by atoms with E-state index in [0.717, 1.165) is 53.5 Å². The van der Waals surface area contributed by atoms with Crippen LogP contribution in [-0.2, 0) is 26.3 Å². The van der Waals surface area contributed by atoms with E-state index in [4.69, 9.17) is 9.47 Å². The van der Waals surface area contributed by atoms with Crippen LogP contribution in [0.15, 0.2) is 108 Å². The van der Waals surface area contributed by atoms with E-state index in [9.17, 15) is 14.9 Å². The Labute approximate surface area is 315 Å². The lowest BCUT2D eigenvalue weighted by Gasteiger charge is -2.38. The van der Waals surface area contributed by atoms with Gasteiger partial charge < -0.3 is 19.3 Å². The third kappa shape index (κ3) is 9.72. The molecule has 276 valence electrons. The number of nitrogens with zero attached hydrogens (tertiary/aromatic N) is 4. The van der Waals surface area contributed by atoms with Gasteiger partial charge in [-0.1, -0.05) is 68.5 Å². The topological polar surface area (TPSA) is 95.2 Å². The van der Waals surface area contributed by atoms with E-state index in [1.165, 1.54) is 0 Å². The number of piperidine rings is 2. The molecular formula is C45H52N4O4. The summed E-state index contributed by atoms with van der Waals surface area (Å²) in [5, 5.41) is 10.2. The molecule has 0 aliphatic carbocycles. The number of rotatable bonds is 12. The fraction of sp³-hybridized carbons (Fsp3) is 0.378. The van der Waals surface area contributed by atoms with Crippen LogP contribution in [0.1, 0.15) is 86.6 Å². The van der Waals surface area contributed by atoms with Gasteiger partial charge in [0, 0.05) is 49.9 Å². The molecule has 0 spiro atoms. The molecule has 8 heteroatoms. The van der Waals surface area contributed by atoms with Crippen molar-refractivity contribution in [1.82, 2.24) is 9.80 Å². The molecule has 0 unspecified atom stereocenters. The van der Waals surface area contributed by atoms with E-state index in [1.54, 1.807) is 19.4 Å². The zero-order valence-corrected chi connectivity index (χ0v) is 31.6. The van der Waals surface area contributed by atoms with E-state index >= 15 is 0 Å². The normalized spacial score (nSPS) is 16.7. The standard InChI is InChI=1S/C45H52N4O4/c1-5-7-29-52-42(47-4)36-20-18-35(19-21-36)32-53-39-22-17-34(3)40(31-39)41(44(51)48-25-12-9-13-26-48)30-37(14-6-2)43(50)49-27-23-45(33-46,24-28-49)38-15-10-8-11-16-38/h7-8,10-11,14-22,29-31H,5-6,9,12-13,23-28,32H2,1-4H3/b29-7+,37-14-,41-30+,47-42?. The maximum Gasteiger partial charge on any atom is 0.254 e. The molecule has 0 N–H and O–H groups in total. The number of hydrogen-bond donors (Lipinski definition) is 0. The van der Waals surface area contributed by atoms with Crippen molar-refractivity contribution in [3.8, 4) is 11.8 Å². The fourth-order valence-corrected chi connectivity index (χ4v) is 6.95. The Morgan fingerprint density at radius 2 is 1.58 bits per heavy atom. The summed E-state index contributed by atoms with van der Waals surface area (Å²) in [5.74, 6) is 0.978. The molecule has 0 saturated carbocycles. The van der Waals surface area contributed by atoms with Gasteiger partial charge in [0.2, 0.25) is 5.90 Å². The Bertz CT molecular complexity index is 1870. The van der Waals surface area contributed by atoms with Gasteiger partial charge >= 0.3 is 0 Å². The molecule has 53 heavy (non-hydrogen) atoms. The monoisotopic (exact) mass is 712 g/mol. The number of nitriles is 1. The van der Waals surface area contributed by atoms with Crippen molar-refractivity contribution in [2.45, 2.75) is 77.7 Å². The van der Waals surface area contributed by atoms with Crippen LogP contribution in [0, 0.1) is 18.3 Å². The minimum atomic E-state index is -0.621. The van der Waals surface area contributed by atoms with Gasteiger partial charge in [0.1, 0.15) is 12.4 Å². The number of carbonyl (C=O) groups is 2. The van der Waals surface area contributed by atoms with E-state index in [2.05, 4.69) is 11.1 Å². The fourth-order valence-electron chi connectivity index (χ4n) is 6.95. The van der Waals surface area contributed by atoms with E-state index in [-0.39, 0.29) is 11.8 Å². The van der Waals surface area contributed by atoms with Gasteiger partial charge in [-0.3, -0.25) is 14.6 Å². The molecule has 0 radical (unpaired) electrons. The molecular weight excluding hydrogens is 661 g/mol. The van der Waals surface area contributed by atoms with E-state index < -0.39 is 5.41 Å². The first kappa shape index (κ1) is 38.8. The lowest BCUT2D eigenvalue weighted by Crippen LogP contribution is -2.45. The van der Waals surface area contributed by atoms with Crippen molar-refractivity contribution in [3.05, 3.63) is 131 Å². The maximum absolute atomic E-state index is 14.4. The number of allylic oxidation sites excluding steroid dienone is 2. The average molecular weight is 713 g/mol. The van der Waals surface area contributed by atoms with Gasteiger partial charge in [0.25, 0.3) is 11.8 Å². The van der Waals surface area contributed by atoms with Crippen molar-refractivity contribution in [3.63, 3.8) is 0 Å².